The first kappa shape index (κ1) is 15.4. The number of aryl methyl sites for hydroxylation is 1. The van der Waals surface area contributed by atoms with E-state index >= 15 is 0 Å². The number of guanidine groups is 1. The van der Waals surface area contributed by atoms with E-state index in [9.17, 15) is 0 Å². The first-order chi connectivity index (χ1) is 10.2. The van der Waals surface area contributed by atoms with E-state index < -0.39 is 0 Å². The molecule has 21 heavy (non-hydrogen) atoms. The smallest absolute Gasteiger partial charge is 0.191 e. The summed E-state index contributed by atoms with van der Waals surface area (Å²) in [6, 6.07) is 6.76. The van der Waals surface area contributed by atoms with E-state index in [-0.39, 0.29) is 0 Å². The van der Waals surface area contributed by atoms with Gasteiger partial charge in [0.2, 0.25) is 0 Å². The second kappa shape index (κ2) is 7.72. The van der Waals surface area contributed by atoms with Crippen molar-refractivity contribution in [1.29, 1.82) is 0 Å². The Kier molecular flexibility index (Phi) is 5.67. The van der Waals surface area contributed by atoms with Crippen LogP contribution in [0.3, 0.4) is 0 Å². The van der Waals surface area contributed by atoms with E-state index in [1.807, 2.05) is 13.1 Å². The number of hydrogen-bond donors (Lipinski definition) is 2. The van der Waals surface area contributed by atoms with Crippen molar-refractivity contribution in [1.82, 2.24) is 10.6 Å². The van der Waals surface area contributed by atoms with Crippen LogP contribution in [0, 0.1) is 6.92 Å². The van der Waals surface area contributed by atoms with Gasteiger partial charge in [0.25, 0.3) is 0 Å². The van der Waals surface area contributed by atoms with Crippen LogP contribution in [0.15, 0.2) is 35.3 Å². The Balaban J connectivity index is 1.83. The summed E-state index contributed by atoms with van der Waals surface area (Å²) in [5, 5.41) is 6.81. The zero-order chi connectivity index (χ0) is 15.1. The quantitative estimate of drug-likeness (QED) is 0.497. The van der Waals surface area contributed by atoms with E-state index in [4.69, 9.17) is 4.74 Å². The number of nitrogens with one attached hydrogen (secondary N) is 2. The number of benzene rings is 1. The molecule has 2 N–H and O–H groups in total. The summed E-state index contributed by atoms with van der Waals surface area (Å²) >= 11 is 0. The fourth-order valence-electron chi connectivity index (χ4n) is 2.54. The van der Waals surface area contributed by atoms with Crippen LogP contribution in [0.4, 0.5) is 0 Å². The van der Waals surface area contributed by atoms with Gasteiger partial charge in [-0.3, -0.25) is 4.99 Å². The molecule has 0 aliphatic heterocycles. The summed E-state index contributed by atoms with van der Waals surface area (Å²) in [5.74, 6) is 1.82. The van der Waals surface area contributed by atoms with Gasteiger partial charge in [-0.1, -0.05) is 29.8 Å². The fourth-order valence-corrected chi connectivity index (χ4v) is 2.54. The van der Waals surface area contributed by atoms with Crippen LogP contribution >= 0.6 is 0 Å². The molecule has 0 amide bonds. The minimum absolute atomic E-state index is 0.477. The number of nitrogens with zero attached hydrogens (tertiary/aromatic N) is 1. The highest BCUT2D eigenvalue weighted by atomic mass is 16.5. The van der Waals surface area contributed by atoms with Gasteiger partial charge in [0.05, 0.1) is 7.11 Å². The molecule has 0 saturated carbocycles. The Labute approximate surface area is 127 Å². The summed E-state index contributed by atoms with van der Waals surface area (Å²) in [6.45, 7) is 2.93. The van der Waals surface area contributed by atoms with Crippen molar-refractivity contribution in [3.63, 3.8) is 0 Å². The average molecular weight is 287 g/mol. The molecule has 0 spiro atoms. The van der Waals surface area contributed by atoms with Gasteiger partial charge in [-0.25, -0.2) is 0 Å². The number of ether oxygens (including phenoxy) is 1. The molecular weight excluding hydrogens is 262 g/mol. The predicted octanol–water partition coefficient (Wildman–Crippen LogP) is 2.43. The molecule has 0 bridgehead atoms. The van der Waals surface area contributed by atoms with Crippen molar-refractivity contribution in [2.24, 2.45) is 4.99 Å². The van der Waals surface area contributed by atoms with Crippen LogP contribution in [0.1, 0.15) is 24.0 Å². The van der Waals surface area contributed by atoms with Crippen LogP contribution in [0.25, 0.3) is 0 Å². The van der Waals surface area contributed by atoms with E-state index in [1.54, 1.807) is 7.11 Å². The molecule has 1 aliphatic carbocycles. The lowest BCUT2D eigenvalue weighted by Crippen LogP contribution is -2.43. The molecule has 0 fully saturated rings. The predicted molar refractivity (Wildman–Crippen MR) is 88.1 cm³/mol. The van der Waals surface area contributed by atoms with Gasteiger partial charge in [0, 0.05) is 19.6 Å². The van der Waals surface area contributed by atoms with Crippen LogP contribution in [0.2, 0.25) is 0 Å². The SMILES string of the molecule is CN=C(NCCc1cc(C)ccc1OC)NC1CC=CC1. The molecule has 0 aromatic heterocycles. The molecule has 4 nitrogen and oxygen atoms in total. The lowest BCUT2D eigenvalue weighted by Gasteiger charge is -2.17. The molecule has 0 saturated heterocycles. The Bertz CT molecular complexity index is 515. The van der Waals surface area contributed by atoms with Gasteiger partial charge in [-0.2, -0.15) is 0 Å². The molecular formula is C17H25N3O. The van der Waals surface area contributed by atoms with Gasteiger partial charge in [-0.05, 0) is 37.8 Å². The molecule has 2 rings (SSSR count). The zero-order valence-electron chi connectivity index (χ0n) is 13.1. The van der Waals surface area contributed by atoms with Gasteiger partial charge < -0.3 is 15.4 Å². The third kappa shape index (κ3) is 4.52. The topological polar surface area (TPSA) is 45.7 Å². The zero-order valence-corrected chi connectivity index (χ0v) is 13.1. The van der Waals surface area contributed by atoms with E-state index in [1.165, 1.54) is 11.1 Å². The molecule has 0 heterocycles. The minimum atomic E-state index is 0.477. The van der Waals surface area contributed by atoms with Gasteiger partial charge in [0.1, 0.15) is 5.75 Å². The van der Waals surface area contributed by atoms with Gasteiger partial charge >= 0.3 is 0 Å². The van der Waals surface area contributed by atoms with Crippen molar-refractivity contribution >= 4 is 5.96 Å². The second-order valence-electron chi connectivity index (χ2n) is 5.35. The molecule has 0 radical (unpaired) electrons. The van der Waals surface area contributed by atoms with Gasteiger partial charge in [0.15, 0.2) is 5.96 Å². The highest BCUT2D eigenvalue weighted by Gasteiger charge is 2.11. The maximum absolute atomic E-state index is 5.41. The molecule has 4 heteroatoms. The molecule has 114 valence electrons. The normalized spacial score (nSPS) is 15.3. The standard InChI is InChI=1S/C17H25N3O/c1-13-8-9-16(21-3)14(12-13)10-11-19-17(18-2)20-15-6-4-5-7-15/h4-5,8-9,12,15H,6-7,10-11H2,1-3H3,(H2,18,19,20). The lowest BCUT2D eigenvalue weighted by atomic mass is 10.1. The van der Waals surface area contributed by atoms with Crippen molar-refractivity contribution in [2.45, 2.75) is 32.2 Å². The van der Waals surface area contributed by atoms with Crippen LogP contribution in [0.5, 0.6) is 5.75 Å². The van der Waals surface area contributed by atoms with Crippen LogP contribution in [-0.2, 0) is 6.42 Å². The maximum atomic E-state index is 5.41. The first-order valence-electron chi connectivity index (χ1n) is 7.48. The summed E-state index contributed by atoms with van der Waals surface area (Å²) in [5.41, 5.74) is 2.48. The Morgan fingerprint density at radius 3 is 2.76 bits per heavy atom. The number of aliphatic imine (C=N–C) groups is 1. The van der Waals surface area contributed by atoms with E-state index in [0.717, 1.165) is 37.5 Å². The number of rotatable bonds is 5. The van der Waals surface area contributed by atoms with Crippen LogP contribution < -0.4 is 15.4 Å². The van der Waals surface area contributed by atoms with Gasteiger partial charge in [-0.15, -0.1) is 0 Å². The fraction of sp³-hybridized carbons (Fsp3) is 0.471. The second-order valence-corrected chi connectivity index (χ2v) is 5.35. The molecule has 1 aromatic rings. The van der Waals surface area contributed by atoms with E-state index in [2.05, 4.69) is 46.8 Å². The summed E-state index contributed by atoms with van der Waals surface area (Å²) < 4.78 is 5.41. The highest BCUT2D eigenvalue weighted by molar-refractivity contribution is 5.80. The van der Waals surface area contributed by atoms with Crippen LogP contribution in [-0.4, -0.2) is 32.7 Å². The minimum Gasteiger partial charge on any atom is -0.496 e. The van der Waals surface area contributed by atoms with Crippen molar-refractivity contribution in [3.8, 4) is 5.75 Å². The Hall–Kier alpha value is -1.97. The third-order valence-corrected chi connectivity index (χ3v) is 3.70. The summed E-state index contributed by atoms with van der Waals surface area (Å²) in [6.07, 6.45) is 7.48. The molecule has 0 unspecified atom stereocenters. The summed E-state index contributed by atoms with van der Waals surface area (Å²) in [7, 11) is 3.53. The maximum Gasteiger partial charge on any atom is 0.191 e. The summed E-state index contributed by atoms with van der Waals surface area (Å²) in [4.78, 5) is 4.28. The molecule has 1 aromatic carbocycles. The van der Waals surface area contributed by atoms with E-state index in [0.29, 0.717) is 6.04 Å². The molecule has 1 aliphatic rings. The third-order valence-electron chi connectivity index (χ3n) is 3.70. The average Bonchev–Trinajstić information content (AvgIpc) is 2.99. The highest BCUT2D eigenvalue weighted by Crippen LogP contribution is 2.19. The Morgan fingerprint density at radius 1 is 1.33 bits per heavy atom. The molecule has 0 atom stereocenters. The number of hydrogen-bond acceptors (Lipinski definition) is 2. The largest absolute Gasteiger partial charge is 0.496 e. The number of methoxy groups -OCH3 is 1. The Morgan fingerprint density at radius 2 is 2.10 bits per heavy atom. The van der Waals surface area contributed by atoms with Crippen molar-refractivity contribution < 1.29 is 4.74 Å². The lowest BCUT2D eigenvalue weighted by molar-refractivity contribution is 0.409. The van der Waals surface area contributed by atoms with Crippen molar-refractivity contribution in [3.05, 3.63) is 41.5 Å². The first-order valence-corrected chi connectivity index (χ1v) is 7.48. The monoisotopic (exact) mass is 287 g/mol. The van der Waals surface area contributed by atoms with Crippen molar-refractivity contribution in [2.75, 3.05) is 20.7 Å².